The number of nitrogens with zero attached hydrogens (tertiary/aromatic N) is 2. The molecule has 148 valence electrons. The summed E-state index contributed by atoms with van der Waals surface area (Å²) in [4.78, 5) is 30.5. The number of thiazole rings is 1. The zero-order valence-electron chi connectivity index (χ0n) is 16.9. The predicted octanol–water partition coefficient (Wildman–Crippen LogP) is 5.40. The minimum atomic E-state index is -0.221. The highest BCUT2D eigenvalue weighted by Gasteiger charge is 2.17. The van der Waals surface area contributed by atoms with Crippen LogP contribution in [0.5, 0.6) is 0 Å². The number of aromatic nitrogens is 1. The van der Waals surface area contributed by atoms with E-state index in [1.165, 1.54) is 24.3 Å². The molecule has 0 spiro atoms. The van der Waals surface area contributed by atoms with Crippen molar-refractivity contribution < 1.29 is 9.59 Å². The van der Waals surface area contributed by atoms with E-state index in [0.717, 1.165) is 28.1 Å². The van der Waals surface area contributed by atoms with Crippen LogP contribution >= 0.6 is 11.3 Å². The van der Waals surface area contributed by atoms with E-state index >= 15 is 0 Å². The average molecular weight is 406 g/mol. The summed E-state index contributed by atoms with van der Waals surface area (Å²) in [6, 6.07) is 13.4. The number of hydrogen-bond donors (Lipinski definition) is 1. The molecule has 1 N–H and O–H groups in total. The van der Waals surface area contributed by atoms with Crippen LogP contribution in [-0.4, -0.2) is 16.8 Å². The number of aryl methyl sites for hydroxylation is 3. The van der Waals surface area contributed by atoms with Crippen LogP contribution in [0.15, 0.2) is 53.9 Å². The first kappa shape index (κ1) is 20.5. The van der Waals surface area contributed by atoms with Crippen molar-refractivity contribution >= 4 is 45.7 Å². The van der Waals surface area contributed by atoms with Gasteiger partial charge in [-0.1, -0.05) is 35.9 Å². The van der Waals surface area contributed by atoms with E-state index in [0.29, 0.717) is 10.8 Å². The molecular weight excluding hydrogens is 382 g/mol. The number of para-hydroxylation sites is 1. The maximum absolute atomic E-state index is 12.4. The molecule has 0 aliphatic carbocycles. The Bertz CT molecular complexity index is 1050. The van der Waals surface area contributed by atoms with Gasteiger partial charge in [-0.05, 0) is 50.1 Å². The molecule has 1 heterocycles. The van der Waals surface area contributed by atoms with E-state index in [1.54, 1.807) is 11.0 Å². The fourth-order valence-electron chi connectivity index (χ4n) is 3.16. The average Bonchev–Trinajstić information content (AvgIpc) is 3.12. The van der Waals surface area contributed by atoms with E-state index in [2.05, 4.69) is 10.3 Å². The van der Waals surface area contributed by atoms with Crippen LogP contribution in [0.2, 0.25) is 0 Å². The summed E-state index contributed by atoms with van der Waals surface area (Å²) >= 11 is 1.35. The Hall–Kier alpha value is -3.25. The lowest BCUT2D eigenvalue weighted by atomic mass is 10.1. The van der Waals surface area contributed by atoms with Crippen molar-refractivity contribution in [3.63, 3.8) is 0 Å². The highest BCUT2D eigenvalue weighted by atomic mass is 32.1. The monoisotopic (exact) mass is 405 g/mol. The van der Waals surface area contributed by atoms with Gasteiger partial charge in [-0.15, -0.1) is 11.3 Å². The molecule has 0 atom stereocenters. The summed E-state index contributed by atoms with van der Waals surface area (Å²) in [5.41, 5.74) is 5.43. The molecule has 0 saturated carbocycles. The highest BCUT2D eigenvalue weighted by Crippen LogP contribution is 2.29. The SMILES string of the molecule is CC(=O)N(c1ccccc1)c1nc(/C=C/C(=O)Nc2c(C)cc(C)cc2C)cs1. The van der Waals surface area contributed by atoms with Gasteiger partial charge < -0.3 is 5.32 Å². The Balaban J connectivity index is 1.75. The van der Waals surface area contributed by atoms with Crippen LogP contribution in [0, 0.1) is 20.8 Å². The molecule has 3 rings (SSSR count). The first-order valence-electron chi connectivity index (χ1n) is 9.23. The third kappa shape index (κ3) is 4.97. The second-order valence-corrected chi connectivity index (χ2v) is 7.68. The molecule has 5 nitrogen and oxygen atoms in total. The fraction of sp³-hybridized carbons (Fsp3) is 0.174. The minimum absolute atomic E-state index is 0.121. The Morgan fingerprint density at radius 3 is 2.34 bits per heavy atom. The first-order valence-corrected chi connectivity index (χ1v) is 10.1. The van der Waals surface area contributed by atoms with Crippen LogP contribution in [0.3, 0.4) is 0 Å². The van der Waals surface area contributed by atoms with Crippen molar-refractivity contribution in [2.75, 3.05) is 10.2 Å². The van der Waals surface area contributed by atoms with Crippen molar-refractivity contribution in [3.05, 3.63) is 76.3 Å². The van der Waals surface area contributed by atoms with E-state index in [9.17, 15) is 9.59 Å². The van der Waals surface area contributed by atoms with Crippen molar-refractivity contribution in [2.24, 2.45) is 0 Å². The lowest BCUT2D eigenvalue weighted by molar-refractivity contribution is -0.116. The summed E-state index contributed by atoms with van der Waals surface area (Å²) in [6.45, 7) is 7.49. The number of benzene rings is 2. The number of carbonyl (C=O) groups excluding carboxylic acids is 2. The molecule has 0 fully saturated rings. The van der Waals surface area contributed by atoms with E-state index in [-0.39, 0.29) is 11.8 Å². The van der Waals surface area contributed by atoms with Crippen molar-refractivity contribution in [3.8, 4) is 0 Å². The molecule has 6 heteroatoms. The minimum Gasteiger partial charge on any atom is -0.322 e. The third-order valence-corrected chi connectivity index (χ3v) is 5.21. The summed E-state index contributed by atoms with van der Waals surface area (Å²) in [6.07, 6.45) is 3.11. The molecule has 0 saturated heterocycles. The molecule has 0 aliphatic heterocycles. The zero-order valence-corrected chi connectivity index (χ0v) is 17.7. The topological polar surface area (TPSA) is 62.3 Å². The second-order valence-electron chi connectivity index (χ2n) is 6.84. The maximum atomic E-state index is 12.4. The van der Waals surface area contributed by atoms with E-state index < -0.39 is 0 Å². The highest BCUT2D eigenvalue weighted by molar-refractivity contribution is 7.14. The van der Waals surface area contributed by atoms with Gasteiger partial charge in [0.05, 0.1) is 11.4 Å². The summed E-state index contributed by atoms with van der Waals surface area (Å²) in [7, 11) is 0. The normalized spacial score (nSPS) is 10.9. The van der Waals surface area contributed by atoms with Crippen LogP contribution in [0.25, 0.3) is 6.08 Å². The Labute approximate surface area is 174 Å². The quantitative estimate of drug-likeness (QED) is 0.578. The molecule has 3 aromatic rings. The van der Waals surface area contributed by atoms with Crippen molar-refractivity contribution in [1.29, 1.82) is 0 Å². The number of amides is 2. The molecule has 0 unspecified atom stereocenters. The Kier molecular flexibility index (Phi) is 6.24. The van der Waals surface area contributed by atoms with Gasteiger partial charge in [0, 0.05) is 24.1 Å². The molecular formula is C23H23N3O2S. The first-order chi connectivity index (χ1) is 13.8. The Morgan fingerprint density at radius 1 is 1.07 bits per heavy atom. The molecule has 0 bridgehead atoms. The van der Waals surface area contributed by atoms with Gasteiger partial charge in [0.1, 0.15) is 0 Å². The number of rotatable bonds is 5. The fourth-order valence-corrected chi connectivity index (χ4v) is 4.02. The van der Waals surface area contributed by atoms with Crippen LogP contribution in [0.4, 0.5) is 16.5 Å². The van der Waals surface area contributed by atoms with Gasteiger partial charge in [-0.2, -0.15) is 0 Å². The second kappa shape index (κ2) is 8.84. The van der Waals surface area contributed by atoms with Gasteiger partial charge in [-0.25, -0.2) is 4.98 Å². The number of hydrogen-bond acceptors (Lipinski definition) is 4. The lowest BCUT2D eigenvalue weighted by Crippen LogP contribution is -2.22. The van der Waals surface area contributed by atoms with E-state index in [4.69, 9.17) is 0 Å². The third-order valence-electron chi connectivity index (χ3n) is 4.36. The number of anilines is 3. The molecule has 2 amide bonds. The lowest BCUT2D eigenvalue weighted by Gasteiger charge is -2.17. The van der Waals surface area contributed by atoms with Crippen LogP contribution in [0.1, 0.15) is 29.3 Å². The van der Waals surface area contributed by atoms with Gasteiger partial charge in [0.25, 0.3) is 0 Å². The zero-order chi connectivity index (χ0) is 21.0. The van der Waals surface area contributed by atoms with Gasteiger partial charge in [0.15, 0.2) is 5.13 Å². The molecule has 29 heavy (non-hydrogen) atoms. The number of nitrogens with one attached hydrogen (secondary N) is 1. The van der Waals surface area contributed by atoms with Crippen molar-refractivity contribution in [1.82, 2.24) is 4.98 Å². The Morgan fingerprint density at radius 2 is 1.72 bits per heavy atom. The predicted molar refractivity (Wildman–Crippen MR) is 120 cm³/mol. The number of carbonyl (C=O) groups is 2. The van der Waals surface area contributed by atoms with Crippen LogP contribution in [-0.2, 0) is 9.59 Å². The summed E-state index contributed by atoms with van der Waals surface area (Å²) in [5, 5.41) is 5.32. The molecule has 0 radical (unpaired) electrons. The summed E-state index contributed by atoms with van der Waals surface area (Å²) in [5.74, 6) is -0.342. The van der Waals surface area contributed by atoms with E-state index in [1.807, 2.05) is 68.6 Å². The van der Waals surface area contributed by atoms with Crippen molar-refractivity contribution in [2.45, 2.75) is 27.7 Å². The standard InChI is InChI=1S/C23H23N3O2S/c1-15-12-16(2)22(17(3)13-15)25-21(28)11-10-19-14-29-23(24-19)26(18(4)27)20-8-6-5-7-9-20/h5-14H,1-4H3,(H,25,28)/b11-10+. The molecule has 0 aliphatic rings. The van der Waals surface area contributed by atoms with Crippen LogP contribution < -0.4 is 10.2 Å². The molecule has 1 aromatic heterocycles. The maximum Gasteiger partial charge on any atom is 0.248 e. The smallest absolute Gasteiger partial charge is 0.248 e. The van der Waals surface area contributed by atoms with Gasteiger partial charge >= 0.3 is 0 Å². The van der Waals surface area contributed by atoms with Gasteiger partial charge in [0.2, 0.25) is 11.8 Å². The molecule has 2 aromatic carbocycles. The summed E-state index contributed by atoms with van der Waals surface area (Å²) < 4.78 is 0. The van der Waals surface area contributed by atoms with Gasteiger partial charge in [-0.3, -0.25) is 14.5 Å². The largest absolute Gasteiger partial charge is 0.322 e.